The quantitative estimate of drug-likeness (QED) is 0.878. The van der Waals surface area contributed by atoms with E-state index in [1.165, 1.54) is 0 Å². The van der Waals surface area contributed by atoms with Crippen molar-refractivity contribution in [2.45, 2.75) is 57.8 Å². The van der Waals surface area contributed by atoms with Gasteiger partial charge in [-0.2, -0.15) is 0 Å². The molecule has 0 spiro atoms. The molecular weight excluding hydrogens is 331 g/mol. The first kappa shape index (κ1) is 16.8. The molecule has 1 aromatic heterocycles. The number of allylic oxidation sites excluding steroid dienone is 4. The Hall–Kier alpha value is -1.60. The van der Waals surface area contributed by atoms with Crippen LogP contribution in [0.3, 0.4) is 0 Å². The molecule has 3 aliphatic rings. The number of oxazole rings is 1. The number of fused-ring (bicyclic) bond motifs is 1. The Bertz CT molecular complexity index is 718. The minimum absolute atomic E-state index is 0.162. The van der Waals surface area contributed by atoms with Crippen molar-refractivity contribution < 1.29 is 17.6 Å². The number of nitrogens with two attached hydrogens (primary N) is 1. The van der Waals surface area contributed by atoms with Crippen molar-refractivity contribution in [1.29, 1.82) is 0 Å². The molecule has 2 unspecified atom stereocenters. The van der Waals surface area contributed by atoms with E-state index in [9.17, 15) is 13.2 Å². The minimum Gasteiger partial charge on any atom is -0.444 e. The van der Waals surface area contributed by atoms with Gasteiger partial charge >= 0.3 is 0 Å². The van der Waals surface area contributed by atoms with Gasteiger partial charge in [0.15, 0.2) is 11.7 Å². The molecule has 2 N–H and O–H groups in total. The number of rotatable bonds is 2. The third kappa shape index (κ3) is 3.04. The van der Waals surface area contributed by atoms with Gasteiger partial charge in [0, 0.05) is 44.0 Å². The van der Waals surface area contributed by atoms with Gasteiger partial charge < -0.3 is 10.2 Å². The fourth-order valence-electron chi connectivity index (χ4n) is 4.54. The highest BCUT2D eigenvalue weighted by Crippen LogP contribution is 2.43. The molecule has 7 heteroatoms. The summed E-state index contributed by atoms with van der Waals surface area (Å²) in [6.45, 7) is 3.31. The van der Waals surface area contributed by atoms with Gasteiger partial charge in [0.1, 0.15) is 17.4 Å². The van der Waals surface area contributed by atoms with Gasteiger partial charge in [-0.15, -0.1) is 0 Å². The number of hydrogen-bond donors (Lipinski definition) is 1. The molecule has 25 heavy (non-hydrogen) atoms. The lowest BCUT2D eigenvalue weighted by Gasteiger charge is -2.41. The summed E-state index contributed by atoms with van der Waals surface area (Å²) in [5.74, 6) is -1.75. The molecule has 2 aliphatic carbocycles. The van der Waals surface area contributed by atoms with E-state index in [1.54, 1.807) is 0 Å². The van der Waals surface area contributed by atoms with E-state index in [1.807, 2.05) is 6.92 Å². The normalized spacial score (nSPS) is 33.6. The molecule has 1 fully saturated rings. The van der Waals surface area contributed by atoms with Crippen molar-refractivity contribution in [3.63, 3.8) is 0 Å². The van der Waals surface area contributed by atoms with Crippen LogP contribution in [0.5, 0.6) is 0 Å². The topological polar surface area (TPSA) is 55.3 Å². The zero-order chi connectivity index (χ0) is 17.7. The molecular formula is C18H22F3N3O. The first-order chi connectivity index (χ1) is 11.9. The number of nitrogens with zero attached hydrogens (tertiary/aromatic N) is 2. The molecule has 136 valence electrons. The maximum absolute atomic E-state index is 14.1. The summed E-state index contributed by atoms with van der Waals surface area (Å²) in [7, 11) is 0. The second-order valence-corrected chi connectivity index (χ2v) is 7.39. The molecule has 1 aliphatic heterocycles. The van der Waals surface area contributed by atoms with Crippen LogP contribution in [0, 0.1) is 18.8 Å². The van der Waals surface area contributed by atoms with Crippen LogP contribution < -0.4 is 5.73 Å². The molecule has 0 bridgehead atoms. The lowest BCUT2D eigenvalue weighted by atomic mass is 9.72. The number of aromatic nitrogens is 1. The molecule has 4 nitrogen and oxygen atoms in total. The van der Waals surface area contributed by atoms with E-state index >= 15 is 0 Å². The predicted octanol–water partition coefficient (Wildman–Crippen LogP) is 3.82. The summed E-state index contributed by atoms with van der Waals surface area (Å²) in [6.07, 6.45) is 2.73. The van der Waals surface area contributed by atoms with Crippen LogP contribution >= 0.6 is 0 Å². The minimum atomic E-state index is -1.09. The van der Waals surface area contributed by atoms with Gasteiger partial charge in [0.2, 0.25) is 0 Å². The van der Waals surface area contributed by atoms with E-state index in [-0.39, 0.29) is 24.4 Å². The third-order valence-electron chi connectivity index (χ3n) is 5.82. The number of aryl methyl sites for hydroxylation is 1. The van der Waals surface area contributed by atoms with E-state index in [4.69, 9.17) is 10.2 Å². The lowest BCUT2D eigenvalue weighted by Crippen LogP contribution is -2.47. The predicted molar refractivity (Wildman–Crippen MR) is 86.1 cm³/mol. The lowest BCUT2D eigenvalue weighted by molar-refractivity contribution is 0.0951. The summed E-state index contributed by atoms with van der Waals surface area (Å²) in [4.78, 5) is 6.69. The standard InChI is InChI=1S/C18H22F3N3O/c1-9-23-17-7-24(8-18(17)25-9)10-2-3-11(16(22)4-10)12-5-14(20)15(21)6-13(12)19/h6,10-12,16H,2-5,7-8,22H2,1H3/t10-,11+,12?,16?/m0/s1. The van der Waals surface area contributed by atoms with Gasteiger partial charge in [-0.1, -0.05) is 0 Å². The van der Waals surface area contributed by atoms with Crippen molar-refractivity contribution in [1.82, 2.24) is 9.88 Å². The van der Waals surface area contributed by atoms with E-state index < -0.39 is 23.4 Å². The van der Waals surface area contributed by atoms with Crippen molar-refractivity contribution >= 4 is 0 Å². The highest BCUT2D eigenvalue weighted by molar-refractivity contribution is 5.26. The maximum atomic E-state index is 14.1. The van der Waals surface area contributed by atoms with Crippen LogP contribution in [0.1, 0.15) is 43.0 Å². The first-order valence-corrected chi connectivity index (χ1v) is 8.78. The average Bonchev–Trinajstić information content (AvgIpc) is 3.08. The maximum Gasteiger partial charge on any atom is 0.191 e. The van der Waals surface area contributed by atoms with Crippen LogP contribution in [0.25, 0.3) is 0 Å². The van der Waals surface area contributed by atoms with Gasteiger partial charge in [-0.25, -0.2) is 18.2 Å². The summed E-state index contributed by atoms with van der Waals surface area (Å²) in [6, 6.07) is 0.0437. The molecule has 1 saturated carbocycles. The second kappa shape index (κ2) is 6.29. The fourth-order valence-corrected chi connectivity index (χ4v) is 4.54. The summed E-state index contributed by atoms with van der Waals surface area (Å²) in [5.41, 5.74) is 7.31. The summed E-state index contributed by atoms with van der Waals surface area (Å²) in [5, 5.41) is 0. The smallest absolute Gasteiger partial charge is 0.191 e. The van der Waals surface area contributed by atoms with Crippen LogP contribution in [0.4, 0.5) is 13.2 Å². The average molecular weight is 353 g/mol. The van der Waals surface area contributed by atoms with Gasteiger partial charge in [-0.3, -0.25) is 4.90 Å². The van der Waals surface area contributed by atoms with Crippen LogP contribution in [0.15, 0.2) is 28.0 Å². The second-order valence-electron chi connectivity index (χ2n) is 7.39. The molecule has 1 aromatic rings. The first-order valence-electron chi connectivity index (χ1n) is 8.78. The highest BCUT2D eigenvalue weighted by Gasteiger charge is 2.40. The van der Waals surface area contributed by atoms with Crippen LogP contribution in [-0.2, 0) is 13.1 Å². The van der Waals surface area contributed by atoms with E-state index in [0.29, 0.717) is 24.8 Å². The summed E-state index contributed by atoms with van der Waals surface area (Å²) < 4.78 is 46.5. The molecule has 0 aromatic carbocycles. The Morgan fingerprint density at radius 1 is 1.24 bits per heavy atom. The Morgan fingerprint density at radius 2 is 2.04 bits per heavy atom. The van der Waals surface area contributed by atoms with Crippen molar-refractivity contribution in [2.24, 2.45) is 17.6 Å². The SMILES string of the molecule is Cc1nc2c(o1)CN([C@H]1CC[C@H](C3CC(F)=C(F)C=C3F)C(N)C1)C2. The molecule has 4 atom stereocenters. The van der Waals surface area contributed by atoms with Crippen LogP contribution in [0.2, 0.25) is 0 Å². The van der Waals surface area contributed by atoms with Crippen molar-refractivity contribution in [2.75, 3.05) is 0 Å². The van der Waals surface area contributed by atoms with Crippen molar-refractivity contribution in [3.05, 3.63) is 40.9 Å². The highest BCUT2D eigenvalue weighted by atomic mass is 19.2. The Balaban J connectivity index is 1.40. The van der Waals surface area contributed by atoms with E-state index in [0.717, 1.165) is 31.0 Å². The third-order valence-corrected chi connectivity index (χ3v) is 5.82. The monoisotopic (exact) mass is 353 g/mol. The largest absolute Gasteiger partial charge is 0.444 e. The van der Waals surface area contributed by atoms with E-state index in [2.05, 4.69) is 9.88 Å². The Kier molecular flexibility index (Phi) is 4.24. The zero-order valence-electron chi connectivity index (χ0n) is 14.1. The van der Waals surface area contributed by atoms with Gasteiger partial charge in [0.25, 0.3) is 0 Å². The summed E-state index contributed by atoms with van der Waals surface area (Å²) >= 11 is 0. The molecule has 0 radical (unpaired) electrons. The molecule has 2 heterocycles. The van der Waals surface area contributed by atoms with Gasteiger partial charge in [0.05, 0.1) is 12.2 Å². The van der Waals surface area contributed by atoms with Crippen LogP contribution in [-0.4, -0.2) is 22.0 Å². The fraction of sp³-hybridized carbons (Fsp3) is 0.611. The molecule has 0 amide bonds. The zero-order valence-corrected chi connectivity index (χ0v) is 14.1. The number of halogens is 3. The Morgan fingerprint density at radius 3 is 2.76 bits per heavy atom. The Labute approximate surface area is 144 Å². The molecule has 4 rings (SSSR count). The van der Waals surface area contributed by atoms with Gasteiger partial charge in [-0.05, 0) is 25.2 Å². The molecule has 0 saturated heterocycles. The van der Waals surface area contributed by atoms with Crippen molar-refractivity contribution in [3.8, 4) is 0 Å². The number of hydrogen-bond acceptors (Lipinski definition) is 4.